The molecule has 1 aromatic carbocycles. The van der Waals surface area contributed by atoms with E-state index in [1.165, 1.54) is 36.8 Å². The van der Waals surface area contributed by atoms with Gasteiger partial charge in [-0.3, -0.25) is 0 Å². The minimum absolute atomic E-state index is 0.354. The lowest BCUT2D eigenvalue weighted by Crippen LogP contribution is -2.36. The molecule has 2 unspecified atom stereocenters. The Labute approximate surface area is 130 Å². The topological polar surface area (TPSA) is 21.3 Å². The van der Waals surface area contributed by atoms with Gasteiger partial charge < -0.3 is 10.1 Å². The molecule has 0 aliphatic carbocycles. The number of aryl methyl sites for hydroxylation is 1. The third-order valence-corrected chi connectivity index (χ3v) is 4.98. The Morgan fingerprint density at radius 1 is 1.33 bits per heavy atom. The van der Waals surface area contributed by atoms with Gasteiger partial charge in [-0.1, -0.05) is 44.4 Å². The summed E-state index contributed by atoms with van der Waals surface area (Å²) in [5.41, 5.74) is 3.11. The van der Waals surface area contributed by atoms with Gasteiger partial charge in [0.25, 0.3) is 0 Å². The molecule has 1 N–H and O–H groups in total. The summed E-state index contributed by atoms with van der Waals surface area (Å²) in [4.78, 5) is 0. The zero-order valence-corrected chi connectivity index (χ0v) is 14.2. The van der Waals surface area contributed by atoms with Crippen LogP contribution >= 0.6 is 0 Å². The first kappa shape index (κ1) is 16.4. The summed E-state index contributed by atoms with van der Waals surface area (Å²) in [5.74, 6) is 1.11. The van der Waals surface area contributed by atoms with Crippen LogP contribution in [0.15, 0.2) is 18.2 Å². The first-order valence-corrected chi connectivity index (χ1v) is 8.53. The van der Waals surface area contributed by atoms with E-state index in [9.17, 15) is 0 Å². The number of nitrogens with one attached hydrogen (secondary N) is 1. The maximum Gasteiger partial charge on any atom is 0.123 e. The van der Waals surface area contributed by atoms with Gasteiger partial charge in [-0.15, -0.1) is 0 Å². The number of unbranched alkanes of at least 4 members (excludes halogenated alkanes) is 1. The fraction of sp³-hybridized carbons (Fsp3) is 0.684. The van der Waals surface area contributed by atoms with Crippen LogP contribution < -0.4 is 10.1 Å². The fourth-order valence-corrected chi connectivity index (χ4v) is 3.68. The Hall–Kier alpha value is -1.02. The van der Waals surface area contributed by atoms with Gasteiger partial charge in [0.15, 0.2) is 0 Å². The van der Waals surface area contributed by atoms with Gasteiger partial charge in [-0.2, -0.15) is 0 Å². The lowest BCUT2D eigenvalue weighted by molar-refractivity contribution is 0.118. The Bertz CT molecular complexity index is 457. The molecule has 0 fully saturated rings. The van der Waals surface area contributed by atoms with Crippen LogP contribution in [-0.4, -0.2) is 19.7 Å². The molecule has 2 heteroatoms. The molecule has 2 nitrogen and oxygen atoms in total. The highest BCUT2D eigenvalue weighted by Crippen LogP contribution is 2.39. The van der Waals surface area contributed by atoms with Gasteiger partial charge in [0.05, 0.1) is 0 Å². The first-order chi connectivity index (χ1) is 10.1. The normalized spacial score (nSPS) is 19.9. The molecule has 1 aliphatic rings. The Balaban J connectivity index is 2.04. The van der Waals surface area contributed by atoms with Crippen molar-refractivity contribution in [1.29, 1.82) is 0 Å². The summed E-state index contributed by atoms with van der Waals surface area (Å²) in [6, 6.07) is 6.58. The summed E-state index contributed by atoms with van der Waals surface area (Å²) in [6.45, 7) is 7.87. The van der Waals surface area contributed by atoms with Crippen LogP contribution in [0.1, 0.15) is 57.1 Å². The van der Waals surface area contributed by atoms with Crippen molar-refractivity contribution in [2.24, 2.45) is 5.41 Å². The number of hydrogen-bond acceptors (Lipinski definition) is 2. The molecule has 21 heavy (non-hydrogen) atoms. The van der Waals surface area contributed by atoms with E-state index in [-0.39, 0.29) is 0 Å². The molecule has 1 heterocycles. The Morgan fingerprint density at radius 3 is 2.81 bits per heavy atom. The highest BCUT2D eigenvalue weighted by atomic mass is 16.5. The van der Waals surface area contributed by atoms with Crippen molar-refractivity contribution in [3.05, 3.63) is 29.3 Å². The molecule has 1 aromatic rings. The molecular weight excluding hydrogens is 258 g/mol. The van der Waals surface area contributed by atoms with Crippen LogP contribution in [0, 0.1) is 12.3 Å². The maximum atomic E-state index is 6.22. The highest BCUT2D eigenvalue weighted by molar-refractivity contribution is 5.40. The number of ether oxygens (including phenoxy) is 1. The second-order valence-corrected chi connectivity index (χ2v) is 6.75. The van der Waals surface area contributed by atoms with Crippen molar-refractivity contribution < 1.29 is 4.74 Å². The minimum atomic E-state index is 0.354. The molecule has 2 atom stereocenters. The average molecular weight is 289 g/mol. The van der Waals surface area contributed by atoms with E-state index in [4.69, 9.17) is 4.74 Å². The third-order valence-electron chi connectivity index (χ3n) is 4.98. The van der Waals surface area contributed by atoms with E-state index in [0.29, 0.717) is 11.5 Å². The van der Waals surface area contributed by atoms with Crippen molar-refractivity contribution in [2.45, 2.75) is 65.4 Å². The predicted molar refractivity (Wildman–Crippen MR) is 90.1 cm³/mol. The summed E-state index contributed by atoms with van der Waals surface area (Å²) in [6.07, 6.45) is 7.71. The second kappa shape index (κ2) is 7.31. The van der Waals surface area contributed by atoms with Crippen LogP contribution in [0.2, 0.25) is 0 Å². The van der Waals surface area contributed by atoms with Crippen LogP contribution in [0.3, 0.4) is 0 Å². The Kier molecular flexibility index (Phi) is 5.69. The molecule has 0 amide bonds. The SMILES string of the molecule is CCCCC(CC)(CNC)CC1Cc2cc(C)ccc2O1. The molecule has 0 aromatic heterocycles. The molecule has 0 saturated heterocycles. The van der Waals surface area contributed by atoms with Crippen LogP contribution in [-0.2, 0) is 6.42 Å². The van der Waals surface area contributed by atoms with Crippen molar-refractivity contribution in [2.75, 3.05) is 13.6 Å². The first-order valence-electron chi connectivity index (χ1n) is 8.53. The van der Waals surface area contributed by atoms with Gasteiger partial charge in [-0.05, 0) is 50.3 Å². The van der Waals surface area contributed by atoms with E-state index in [1.54, 1.807) is 0 Å². The number of rotatable bonds is 8. The Morgan fingerprint density at radius 2 is 2.14 bits per heavy atom. The molecule has 2 rings (SSSR count). The lowest BCUT2D eigenvalue weighted by Gasteiger charge is -2.35. The highest BCUT2D eigenvalue weighted by Gasteiger charge is 2.34. The summed E-state index contributed by atoms with van der Waals surface area (Å²) < 4.78 is 6.22. The van der Waals surface area contributed by atoms with E-state index in [1.807, 2.05) is 0 Å². The smallest absolute Gasteiger partial charge is 0.123 e. The van der Waals surface area contributed by atoms with Crippen molar-refractivity contribution in [3.63, 3.8) is 0 Å². The third kappa shape index (κ3) is 4.00. The monoisotopic (exact) mass is 289 g/mol. The summed E-state index contributed by atoms with van der Waals surface area (Å²) in [7, 11) is 2.07. The van der Waals surface area contributed by atoms with Gasteiger partial charge in [0.1, 0.15) is 11.9 Å². The molecule has 1 aliphatic heterocycles. The van der Waals surface area contributed by atoms with E-state index in [0.717, 1.165) is 25.1 Å². The van der Waals surface area contributed by atoms with Gasteiger partial charge in [0, 0.05) is 13.0 Å². The summed E-state index contributed by atoms with van der Waals surface area (Å²) in [5, 5.41) is 3.42. The average Bonchev–Trinajstić information content (AvgIpc) is 2.86. The standard InChI is InChI=1S/C19H31NO/c1-5-7-10-19(6-2,14-20-4)13-17-12-16-11-15(3)8-9-18(16)21-17/h8-9,11,17,20H,5-7,10,12-14H2,1-4H3. The molecular formula is C19H31NO. The van der Waals surface area contributed by atoms with Crippen molar-refractivity contribution >= 4 is 0 Å². The van der Waals surface area contributed by atoms with Gasteiger partial charge in [-0.25, -0.2) is 0 Å². The predicted octanol–water partition coefficient (Wildman–Crippen LogP) is 4.49. The zero-order chi connectivity index (χ0) is 15.3. The second-order valence-electron chi connectivity index (χ2n) is 6.75. The zero-order valence-electron chi connectivity index (χ0n) is 14.2. The van der Waals surface area contributed by atoms with Crippen molar-refractivity contribution in [1.82, 2.24) is 5.32 Å². The fourth-order valence-electron chi connectivity index (χ4n) is 3.68. The van der Waals surface area contributed by atoms with Gasteiger partial charge >= 0.3 is 0 Å². The minimum Gasteiger partial charge on any atom is -0.490 e. The molecule has 0 saturated carbocycles. The van der Waals surface area contributed by atoms with Gasteiger partial charge in [0.2, 0.25) is 0 Å². The van der Waals surface area contributed by atoms with Crippen LogP contribution in [0.25, 0.3) is 0 Å². The quantitative estimate of drug-likeness (QED) is 0.761. The molecule has 0 spiro atoms. The maximum absolute atomic E-state index is 6.22. The van der Waals surface area contributed by atoms with E-state index >= 15 is 0 Å². The lowest BCUT2D eigenvalue weighted by atomic mass is 9.75. The summed E-state index contributed by atoms with van der Waals surface area (Å²) >= 11 is 0. The van der Waals surface area contributed by atoms with E-state index in [2.05, 4.69) is 51.3 Å². The number of fused-ring (bicyclic) bond motifs is 1. The number of benzene rings is 1. The van der Waals surface area contributed by atoms with E-state index < -0.39 is 0 Å². The largest absolute Gasteiger partial charge is 0.490 e. The molecule has 0 radical (unpaired) electrons. The number of hydrogen-bond donors (Lipinski definition) is 1. The van der Waals surface area contributed by atoms with Crippen LogP contribution in [0.4, 0.5) is 0 Å². The molecule has 0 bridgehead atoms. The molecule has 118 valence electrons. The van der Waals surface area contributed by atoms with Crippen LogP contribution in [0.5, 0.6) is 5.75 Å². The van der Waals surface area contributed by atoms with Crippen molar-refractivity contribution in [3.8, 4) is 5.75 Å².